The van der Waals surface area contributed by atoms with E-state index in [1.807, 2.05) is 17.0 Å². The van der Waals surface area contributed by atoms with Gasteiger partial charge in [-0.1, -0.05) is 18.2 Å². The van der Waals surface area contributed by atoms with E-state index in [-0.39, 0.29) is 34.3 Å². The molecular weight excluding hydrogens is 403 g/mol. The first-order chi connectivity index (χ1) is 14.3. The number of piperidine rings is 1. The molecule has 1 fully saturated rings. The van der Waals surface area contributed by atoms with E-state index in [0.29, 0.717) is 10.9 Å². The van der Waals surface area contributed by atoms with E-state index in [0.717, 1.165) is 31.4 Å². The van der Waals surface area contributed by atoms with Crippen molar-refractivity contribution in [2.75, 3.05) is 0 Å². The zero-order valence-electron chi connectivity index (χ0n) is 17.1. The average molecular weight is 429 g/mol. The molecule has 5 nitrogen and oxygen atoms in total. The molecule has 2 atom stereocenters. The smallest absolute Gasteiger partial charge is 0.242 e. The predicted octanol–water partition coefficient (Wildman–Crippen LogP) is 4.40. The SMILES string of the molecule is CC1CCCC(C)N1C(=O)Cn1cc(S(=O)(=O)c2ccc(F)cc2)c2ccccc21. The van der Waals surface area contributed by atoms with Gasteiger partial charge in [-0.25, -0.2) is 12.8 Å². The van der Waals surface area contributed by atoms with Crippen molar-refractivity contribution >= 4 is 26.6 Å². The third-order valence-electron chi connectivity index (χ3n) is 5.95. The number of amides is 1. The molecule has 1 aromatic heterocycles. The van der Waals surface area contributed by atoms with Gasteiger partial charge in [-0.2, -0.15) is 0 Å². The number of hydrogen-bond acceptors (Lipinski definition) is 3. The van der Waals surface area contributed by atoms with Gasteiger partial charge in [0.2, 0.25) is 15.7 Å². The van der Waals surface area contributed by atoms with E-state index in [2.05, 4.69) is 13.8 Å². The predicted molar refractivity (Wildman–Crippen MR) is 113 cm³/mol. The maximum atomic E-state index is 13.3. The minimum Gasteiger partial charge on any atom is -0.337 e. The second-order valence-corrected chi connectivity index (χ2v) is 9.94. The Morgan fingerprint density at radius 1 is 1.03 bits per heavy atom. The summed E-state index contributed by atoms with van der Waals surface area (Å²) in [6.45, 7) is 4.20. The molecule has 30 heavy (non-hydrogen) atoms. The van der Waals surface area contributed by atoms with Crippen LogP contribution in [0.5, 0.6) is 0 Å². The molecule has 3 aromatic rings. The molecule has 1 amide bonds. The summed E-state index contributed by atoms with van der Waals surface area (Å²) in [5.41, 5.74) is 0.684. The molecule has 1 aliphatic heterocycles. The van der Waals surface area contributed by atoms with Crippen LogP contribution in [0.25, 0.3) is 10.9 Å². The second-order valence-electron chi connectivity index (χ2n) is 8.03. The molecule has 2 aromatic carbocycles. The molecule has 4 rings (SSSR count). The Morgan fingerprint density at radius 3 is 2.33 bits per heavy atom. The van der Waals surface area contributed by atoms with Crippen LogP contribution < -0.4 is 0 Å². The lowest BCUT2D eigenvalue weighted by molar-refractivity contribution is -0.137. The van der Waals surface area contributed by atoms with Crippen LogP contribution in [0.2, 0.25) is 0 Å². The van der Waals surface area contributed by atoms with Crippen molar-refractivity contribution in [2.24, 2.45) is 0 Å². The van der Waals surface area contributed by atoms with Crippen molar-refractivity contribution in [2.45, 2.75) is 61.5 Å². The number of rotatable bonds is 4. The third-order valence-corrected chi connectivity index (χ3v) is 7.75. The number of halogens is 1. The summed E-state index contributed by atoms with van der Waals surface area (Å²) in [7, 11) is -3.86. The Morgan fingerprint density at radius 2 is 1.67 bits per heavy atom. The molecular formula is C23H25FN2O3S. The van der Waals surface area contributed by atoms with Crippen molar-refractivity contribution in [3.8, 4) is 0 Å². The number of fused-ring (bicyclic) bond motifs is 1. The number of nitrogens with zero attached hydrogens (tertiary/aromatic N) is 2. The summed E-state index contributed by atoms with van der Waals surface area (Å²) in [4.78, 5) is 15.2. The van der Waals surface area contributed by atoms with Gasteiger partial charge in [0.1, 0.15) is 12.4 Å². The molecule has 158 valence electrons. The van der Waals surface area contributed by atoms with Gasteiger partial charge in [-0.05, 0) is 63.4 Å². The number of para-hydroxylation sites is 1. The molecule has 2 unspecified atom stereocenters. The van der Waals surface area contributed by atoms with Crippen molar-refractivity contribution in [1.82, 2.24) is 9.47 Å². The summed E-state index contributed by atoms with van der Waals surface area (Å²) in [6, 6.07) is 12.3. The van der Waals surface area contributed by atoms with E-state index in [4.69, 9.17) is 0 Å². The molecule has 1 aliphatic rings. The molecule has 0 saturated carbocycles. The van der Waals surface area contributed by atoms with Gasteiger partial charge in [0.05, 0.1) is 9.79 Å². The van der Waals surface area contributed by atoms with Crippen LogP contribution in [-0.4, -0.2) is 35.9 Å². The molecule has 0 bridgehead atoms. The maximum absolute atomic E-state index is 13.3. The Labute approximate surface area is 176 Å². The van der Waals surface area contributed by atoms with E-state index in [9.17, 15) is 17.6 Å². The number of aromatic nitrogens is 1. The highest BCUT2D eigenvalue weighted by atomic mass is 32.2. The van der Waals surface area contributed by atoms with Crippen LogP contribution in [0.1, 0.15) is 33.1 Å². The van der Waals surface area contributed by atoms with Gasteiger partial charge in [0.15, 0.2) is 0 Å². The lowest BCUT2D eigenvalue weighted by atomic mass is 9.97. The highest BCUT2D eigenvalue weighted by molar-refractivity contribution is 7.91. The number of likely N-dealkylation sites (tertiary alicyclic amines) is 1. The lowest BCUT2D eigenvalue weighted by Gasteiger charge is -2.39. The summed E-state index contributed by atoms with van der Waals surface area (Å²) in [5, 5.41) is 0.550. The first kappa shape index (κ1) is 20.6. The van der Waals surface area contributed by atoms with Crippen LogP contribution in [0.15, 0.2) is 64.5 Å². The Balaban J connectivity index is 1.74. The number of sulfone groups is 1. The fourth-order valence-corrected chi connectivity index (χ4v) is 5.92. The molecule has 0 aliphatic carbocycles. The van der Waals surface area contributed by atoms with Crippen LogP contribution in [-0.2, 0) is 21.2 Å². The molecule has 0 N–H and O–H groups in total. The molecule has 0 spiro atoms. The van der Waals surface area contributed by atoms with Gasteiger partial charge in [-0.15, -0.1) is 0 Å². The van der Waals surface area contributed by atoms with Gasteiger partial charge in [0.25, 0.3) is 0 Å². The minimum absolute atomic E-state index is 0.0128. The van der Waals surface area contributed by atoms with E-state index < -0.39 is 15.7 Å². The number of benzene rings is 2. The molecule has 2 heterocycles. The van der Waals surface area contributed by atoms with Crippen molar-refractivity contribution in [1.29, 1.82) is 0 Å². The fourth-order valence-electron chi connectivity index (χ4n) is 4.44. The fraction of sp³-hybridized carbons (Fsp3) is 0.348. The van der Waals surface area contributed by atoms with Crippen LogP contribution >= 0.6 is 0 Å². The topological polar surface area (TPSA) is 59.4 Å². The number of carbonyl (C=O) groups excluding carboxylic acids is 1. The first-order valence-electron chi connectivity index (χ1n) is 10.2. The second kappa shape index (κ2) is 7.87. The quantitative estimate of drug-likeness (QED) is 0.579. The minimum atomic E-state index is -3.86. The average Bonchev–Trinajstić information content (AvgIpc) is 3.07. The maximum Gasteiger partial charge on any atom is 0.242 e. The Kier molecular flexibility index (Phi) is 5.40. The Hall–Kier alpha value is -2.67. The van der Waals surface area contributed by atoms with E-state index >= 15 is 0 Å². The van der Waals surface area contributed by atoms with Crippen molar-refractivity contribution < 1.29 is 17.6 Å². The lowest BCUT2D eigenvalue weighted by Crippen LogP contribution is -2.48. The summed E-state index contributed by atoms with van der Waals surface area (Å²) in [5.74, 6) is -0.507. The first-order valence-corrected chi connectivity index (χ1v) is 11.7. The highest BCUT2D eigenvalue weighted by Crippen LogP contribution is 2.31. The largest absolute Gasteiger partial charge is 0.337 e. The summed E-state index contributed by atoms with van der Waals surface area (Å²) < 4.78 is 41.5. The van der Waals surface area contributed by atoms with E-state index in [1.54, 1.807) is 16.7 Å². The zero-order chi connectivity index (χ0) is 21.5. The zero-order valence-corrected chi connectivity index (χ0v) is 17.9. The van der Waals surface area contributed by atoms with Crippen LogP contribution in [0, 0.1) is 5.82 Å². The standard InChI is InChI=1S/C23H25FN2O3S/c1-16-6-5-7-17(2)26(16)23(27)15-25-14-22(20-8-3-4-9-21(20)25)30(28,29)19-12-10-18(24)11-13-19/h3-4,8-14,16-17H,5-7,15H2,1-2H3. The normalized spacial score (nSPS) is 19.9. The van der Waals surface area contributed by atoms with Crippen LogP contribution in [0.3, 0.4) is 0 Å². The van der Waals surface area contributed by atoms with E-state index in [1.165, 1.54) is 18.3 Å². The van der Waals surface area contributed by atoms with Gasteiger partial charge >= 0.3 is 0 Å². The van der Waals surface area contributed by atoms with Crippen LogP contribution in [0.4, 0.5) is 4.39 Å². The van der Waals surface area contributed by atoms with Crippen molar-refractivity contribution in [3.63, 3.8) is 0 Å². The highest BCUT2D eigenvalue weighted by Gasteiger charge is 2.30. The number of carbonyl (C=O) groups is 1. The number of hydrogen-bond donors (Lipinski definition) is 0. The monoisotopic (exact) mass is 428 g/mol. The third kappa shape index (κ3) is 3.62. The van der Waals surface area contributed by atoms with Gasteiger partial charge in [-0.3, -0.25) is 4.79 Å². The Bertz CT molecular complexity index is 1170. The summed E-state index contributed by atoms with van der Waals surface area (Å²) in [6.07, 6.45) is 4.60. The molecule has 7 heteroatoms. The van der Waals surface area contributed by atoms with Crippen molar-refractivity contribution in [3.05, 3.63) is 60.5 Å². The van der Waals surface area contributed by atoms with Gasteiger partial charge in [0, 0.05) is 29.2 Å². The molecule has 0 radical (unpaired) electrons. The van der Waals surface area contributed by atoms with Gasteiger partial charge < -0.3 is 9.47 Å². The molecule has 1 saturated heterocycles. The summed E-state index contributed by atoms with van der Waals surface area (Å²) >= 11 is 0.